The maximum atomic E-state index is 13.0. The number of rotatable bonds is 5. The molecule has 0 aromatic heterocycles. The van der Waals surface area contributed by atoms with Crippen LogP contribution < -0.4 is 11.1 Å². The van der Waals surface area contributed by atoms with Crippen molar-refractivity contribution in [1.82, 2.24) is 15.1 Å². The average molecular weight is 447 g/mol. The second-order valence-electron chi connectivity index (χ2n) is 9.36. The van der Waals surface area contributed by atoms with Crippen molar-refractivity contribution in [2.45, 2.75) is 50.9 Å². The lowest BCUT2D eigenvalue weighted by Crippen LogP contribution is -2.52. The molecule has 3 heterocycles. The maximum absolute atomic E-state index is 13.0. The van der Waals surface area contributed by atoms with Crippen LogP contribution in [0.2, 0.25) is 0 Å². The van der Waals surface area contributed by atoms with Gasteiger partial charge < -0.3 is 10.6 Å². The second-order valence-corrected chi connectivity index (χ2v) is 9.36. The Morgan fingerprint density at radius 1 is 1.03 bits per heavy atom. The average Bonchev–Trinajstić information content (AvgIpc) is 3.15. The minimum atomic E-state index is -0.582. The molecule has 33 heavy (non-hydrogen) atoms. The standard InChI is InChI=1S/C26H30N4O3/c27-14-19-7-4-12-29(24(19)18-5-2-1-3-6-18)15-17-8-9-21-20(13-17)16-30(26(21)33)22-10-11-23(31)28-25(22)32/h1-3,5-6,8-9,13,19,22,24H,4,7,10-12,14-16,27H2,(H,28,31,32)/t19-,22?,24+/m0/s1. The van der Waals surface area contributed by atoms with Gasteiger partial charge in [-0.25, -0.2) is 0 Å². The van der Waals surface area contributed by atoms with Gasteiger partial charge in [-0.1, -0.05) is 42.5 Å². The number of hydrogen-bond donors (Lipinski definition) is 2. The summed E-state index contributed by atoms with van der Waals surface area (Å²) in [7, 11) is 0. The van der Waals surface area contributed by atoms with Crippen LogP contribution >= 0.6 is 0 Å². The zero-order valence-corrected chi connectivity index (χ0v) is 18.7. The Labute approximate surface area is 193 Å². The van der Waals surface area contributed by atoms with Crippen molar-refractivity contribution in [1.29, 1.82) is 0 Å². The van der Waals surface area contributed by atoms with Gasteiger partial charge in [-0.05, 0) is 61.0 Å². The zero-order valence-electron chi connectivity index (χ0n) is 18.7. The van der Waals surface area contributed by atoms with Crippen molar-refractivity contribution in [3.63, 3.8) is 0 Å². The lowest BCUT2D eigenvalue weighted by molar-refractivity contribution is -0.136. The Kier molecular flexibility index (Phi) is 6.00. The Balaban J connectivity index is 1.35. The molecule has 0 saturated carbocycles. The fourth-order valence-electron chi connectivity index (χ4n) is 5.67. The summed E-state index contributed by atoms with van der Waals surface area (Å²) in [5.74, 6) is -0.359. The molecule has 1 unspecified atom stereocenters. The van der Waals surface area contributed by atoms with E-state index in [1.807, 2.05) is 18.2 Å². The highest BCUT2D eigenvalue weighted by Crippen LogP contribution is 2.37. The molecule has 3 N–H and O–H groups in total. The number of nitrogens with one attached hydrogen (secondary N) is 1. The highest BCUT2D eigenvalue weighted by Gasteiger charge is 2.39. The first-order valence-corrected chi connectivity index (χ1v) is 11.8. The van der Waals surface area contributed by atoms with Crippen LogP contribution in [-0.4, -0.2) is 46.7 Å². The van der Waals surface area contributed by atoms with Crippen LogP contribution in [0.15, 0.2) is 48.5 Å². The molecule has 7 nitrogen and oxygen atoms in total. The third-order valence-electron chi connectivity index (χ3n) is 7.28. The van der Waals surface area contributed by atoms with Gasteiger partial charge in [0.1, 0.15) is 6.04 Å². The van der Waals surface area contributed by atoms with Gasteiger partial charge in [-0.15, -0.1) is 0 Å². The number of nitrogens with two attached hydrogens (primary N) is 1. The van der Waals surface area contributed by atoms with Crippen LogP contribution in [0.5, 0.6) is 0 Å². The molecule has 2 aromatic carbocycles. The predicted molar refractivity (Wildman–Crippen MR) is 124 cm³/mol. The van der Waals surface area contributed by atoms with Gasteiger partial charge in [-0.2, -0.15) is 0 Å². The number of nitrogens with zero attached hydrogens (tertiary/aromatic N) is 2. The summed E-state index contributed by atoms with van der Waals surface area (Å²) >= 11 is 0. The fourth-order valence-corrected chi connectivity index (χ4v) is 5.67. The lowest BCUT2D eigenvalue weighted by atomic mass is 9.84. The van der Waals surface area contributed by atoms with E-state index in [2.05, 4.69) is 40.5 Å². The van der Waals surface area contributed by atoms with E-state index in [-0.39, 0.29) is 30.2 Å². The van der Waals surface area contributed by atoms with Crippen molar-refractivity contribution in [2.75, 3.05) is 13.1 Å². The van der Waals surface area contributed by atoms with Crippen molar-refractivity contribution >= 4 is 17.7 Å². The number of likely N-dealkylation sites (tertiary alicyclic amines) is 1. The van der Waals surface area contributed by atoms with E-state index in [1.54, 1.807) is 4.90 Å². The van der Waals surface area contributed by atoms with Crippen molar-refractivity contribution in [3.8, 4) is 0 Å². The topological polar surface area (TPSA) is 95.7 Å². The van der Waals surface area contributed by atoms with E-state index in [1.165, 1.54) is 5.56 Å². The minimum Gasteiger partial charge on any atom is -0.330 e. The van der Waals surface area contributed by atoms with Crippen LogP contribution in [0, 0.1) is 5.92 Å². The van der Waals surface area contributed by atoms with Gasteiger partial charge in [0, 0.05) is 31.1 Å². The van der Waals surface area contributed by atoms with Crippen molar-refractivity contribution in [3.05, 3.63) is 70.8 Å². The van der Waals surface area contributed by atoms with E-state index in [4.69, 9.17) is 5.73 Å². The van der Waals surface area contributed by atoms with E-state index < -0.39 is 6.04 Å². The van der Waals surface area contributed by atoms with E-state index in [9.17, 15) is 14.4 Å². The quantitative estimate of drug-likeness (QED) is 0.688. The number of carbonyl (C=O) groups excluding carboxylic acids is 3. The Hall–Kier alpha value is -3.03. The van der Waals surface area contributed by atoms with Crippen molar-refractivity contribution in [2.24, 2.45) is 11.7 Å². The molecule has 7 heteroatoms. The molecule has 0 radical (unpaired) electrons. The molecule has 5 rings (SSSR count). The highest BCUT2D eigenvalue weighted by molar-refractivity contribution is 6.05. The molecular formula is C26H30N4O3. The molecule has 2 aromatic rings. The molecule has 3 aliphatic rings. The Morgan fingerprint density at radius 2 is 1.85 bits per heavy atom. The number of fused-ring (bicyclic) bond motifs is 1. The summed E-state index contributed by atoms with van der Waals surface area (Å²) in [4.78, 5) is 40.9. The van der Waals surface area contributed by atoms with Crippen LogP contribution in [0.3, 0.4) is 0 Å². The third kappa shape index (κ3) is 4.18. The predicted octanol–water partition coefficient (Wildman–Crippen LogP) is 2.36. The maximum Gasteiger partial charge on any atom is 0.255 e. The molecule has 0 aliphatic carbocycles. The first kappa shape index (κ1) is 21.8. The number of carbonyl (C=O) groups is 3. The van der Waals surface area contributed by atoms with Crippen LogP contribution in [0.4, 0.5) is 0 Å². The monoisotopic (exact) mass is 446 g/mol. The Morgan fingerprint density at radius 3 is 2.61 bits per heavy atom. The van der Waals surface area contributed by atoms with E-state index >= 15 is 0 Å². The smallest absolute Gasteiger partial charge is 0.255 e. The highest BCUT2D eigenvalue weighted by atomic mass is 16.2. The van der Waals surface area contributed by atoms with Gasteiger partial charge in [0.15, 0.2) is 0 Å². The molecule has 2 fully saturated rings. The number of benzene rings is 2. The normalized spacial score (nSPS) is 25.8. The molecule has 3 aliphatic heterocycles. The summed E-state index contributed by atoms with van der Waals surface area (Å²) in [5, 5.41) is 2.36. The minimum absolute atomic E-state index is 0.130. The van der Waals surface area contributed by atoms with E-state index in [0.717, 1.165) is 37.1 Å². The fraction of sp³-hybridized carbons (Fsp3) is 0.423. The van der Waals surface area contributed by atoms with Gasteiger partial charge >= 0.3 is 0 Å². The molecule has 3 atom stereocenters. The van der Waals surface area contributed by atoms with Gasteiger partial charge in [0.25, 0.3) is 5.91 Å². The van der Waals surface area contributed by atoms with Crippen LogP contribution in [0.25, 0.3) is 0 Å². The molecule has 0 spiro atoms. The summed E-state index contributed by atoms with van der Waals surface area (Å²) < 4.78 is 0. The van der Waals surface area contributed by atoms with E-state index in [0.29, 0.717) is 31.0 Å². The largest absolute Gasteiger partial charge is 0.330 e. The number of amides is 3. The molecule has 172 valence electrons. The first-order chi connectivity index (χ1) is 16.0. The summed E-state index contributed by atoms with van der Waals surface area (Å²) in [6.45, 7) is 2.86. The van der Waals surface area contributed by atoms with Crippen molar-refractivity contribution < 1.29 is 14.4 Å². The second kappa shape index (κ2) is 9.08. The lowest BCUT2D eigenvalue weighted by Gasteiger charge is -2.41. The molecular weight excluding hydrogens is 416 g/mol. The summed E-state index contributed by atoms with van der Waals surface area (Å²) in [6, 6.07) is 16.3. The number of piperidine rings is 2. The summed E-state index contributed by atoms with van der Waals surface area (Å²) in [5.41, 5.74) is 10.2. The van der Waals surface area contributed by atoms with Crippen LogP contribution in [-0.2, 0) is 22.7 Å². The number of imide groups is 1. The summed E-state index contributed by atoms with van der Waals surface area (Å²) in [6.07, 6.45) is 2.90. The molecule has 0 bridgehead atoms. The molecule has 2 saturated heterocycles. The third-order valence-corrected chi connectivity index (χ3v) is 7.28. The zero-order chi connectivity index (χ0) is 22.9. The van der Waals surface area contributed by atoms with Gasteiger partial charge in [0.05, 0.1) is 0 Å². The molecule has 3 amide bonds. The van der Waals surface area contributed by atoms with Gasteiger partial charge in [0.2, 0.25) is 11.8 Å². The van der Waals surface area contributed by atoms with Gasteiger partial charge in [-0.3, -0.25) is 24.6 Å². The first-order valence-electron chi connectivity index (χ1n) is 11.8. The number of hydrogen-bond acceptors (Lipinski definition) is 5. The SMILES string of the molecule is NC[C@@H]1CCCN(Cc2ccc3c(c2)CN(C2CCC(=O)NC2=O)C3=O)[C@@H]1c1ccccc1. The van der Waals surface area contributed by atoms with Crippen LogP contribution in [0.1, 0.15) is 58.8 Å². The Bertz CT molecular complexity index is 1070.